The lowest BCUT2D eigenvalue weighted by Gasteiger charge is -2.38. The molecule has 1 aliphatic heterocycles. The van der Waals surface area contributed by atoms with Crippen molar-refractivity contribution >= 4 is 11.4 Å². The zero-order valence-electron chi connectivity index (χ0n) is 17.9. The highest BCUT2D eigenvalue weighted by Gasteiger charge is 2.32. The summed E-state index contributed by atoms with van der Waals surface area (Å²) in [5.41, 5.74) is 5.92. The molecule has 1 saturated heterocycles. The van der Waals surface area contributed by atoms with Gasteiger partial charge in [-0.2, -0.15) is 5.10 Å². The van der Waals surface area contributed by atoms with Crippen LogP contribution in [0.1, 0.15) is 27.8 Å². The van der Waals surface area contributed by atoms with E-state index < -0.39 is 0 Å². The third-order valence-corrected chi connectivity index (χ3v) is 6.12. The van der Waals surface area contributed by atoms with E-state index in [-0.39, 0.29) is 11.9 Å². The Morgan fingerprint density at radius 2 is 1.77 bits per heavy atom. The van der Waals surface area contributed by atoms with Crippen molar-refractivity contribution in [2.75, 3.05) is 26.7 Å². The lowest BCUT2D eigenvalue weighted by molar-refractivity contribution is 0.0531. The summed E-state index contributed by atoms with van der Waals surface area (Å²) in [6.45, 7) is 4.09. The van der Waals surface area contributed by atoms with Gasteiger partial charge in [-0.25, -0.2) is 4.52 Å². The van der Waals surface area contributed by atoms with E-state index in [0.29, 0.717) is 18.8 Å². The molecule has 0 N–H and O–H groups in total. The largest absolute Gasteiger partial charge is 0.334 e. The molecule has 3 aromatic heterocycles. The quantitative estimate of drug-likeness (QED) is 0.514. The van der Waals surface area contributed by atoms with Crippen LogP contribution in [0.25, 0.3) is 16.6 Å². The van der Waals surface area contributed by atoms with E-state index >= 15 is 0 Å². The second-order valence-electron chi connectivity index (χ2n) is 8.18. The van der Waals surface area contributed by atoms with Crippen molar-refractivity contribution in [1.82, 2.24) is 34.4 Å². The number of rotatable bonds is 3. The number of aryl methyl sites for hydroxylation is 2. The molecule has 1 aliphatic rings. The smallest absolute Gasteiger partial charge is 0.272 e. The Morgan fingerprint density at radius 3 is 2.52 bits per heavy atom. The van der Waals surface area contributed by atoms with Crippen LogP contribution in [0.5, 0.6) is 0 Å². The van der Waals surface area contributed by atoms with Gasteiger partial charge in [-0.15, -0.1) is 5.10 Å². The first-order valence-electron chi connectivity index (χ1n) is 10.4. The maximum absolute atomic E-state index is 13.0. The molecule has 4 heterocycles. The summed E-state index contributed by atoms with van der Waals surface area (Å²) >= 11 is 0. The summed E-state index contributed by atoms with van der Waals surface area (Å²) in [6.07, 6.45) is 3.66. The molecule has 1 aromatic carbocycles. The summed E-state index contributed by atoms with van der Waals surface area (Å²) in [5, 5.41) is 13.0. The average molecular weight is 416 g/mol. The number of hydrogen-bond donors (Lipinski definition) is 0. The molecule has 0 radical (unpaired) electrons. The zero-order valence-corrected chi connectivity index (χ0v) is 17.9. The van der Waals surface area contributed by atoms with Gasteiger partial charge >= 0.3 is 0 Å². The number of pyridine rings is 1. The Balaban J connectivity index is 1.44. The number of piperazine rings is 1. The number of carbonyl (C=O) groups excluding carboxylic acids is 1. The average Bonchev–Trinajstić information content (AvgIpc) is 3.40. The minimum Gasteiger partial charge on any atom is -0.334 e. The van der Waals surface area contributed by atoms with Crippen LogP contribution >= 0.6 is 0 Å². The first kappa shape index (κ1) is 19.4. The first-order valence-corrected chi connectivity index (χ1v) is 10.4. The molecule has 0 aliphatic carbocycles. The lowest BCUT2D eigenvalue weighted by Crippen LogP contribution is -2.49. The maximum Gasteiger partial charge on any atom is 0.272 e. The van der Waals surface area contributed by atoms with Crippen LogP contribution in [0.3, 0.4) is 0 Å². The van der Waals surface area contributed by atoms with Gasteiger partial charge in [0.1, 0.15) is 11.4 Å². The van der Waals surface area contributed by atoms with Gasteiger partial charge in [-0.05, 0) is 31.7 Å². The Bertz CT molecular complexity index is 1240. The molecule has 1 amide bonds. The van der Waals surface area contributed by atoms with E-state index in [1.165, 1.54) is 5.56 Å². The van der Waals surface area contributed by atoms with Crippen LogP contribution < -0.4 is 0 Å². The van der Waals surface area contributed by atoms with Gasteiger partial charge in [0.25, 0.3) is 5.91 Å². The second-order valence-corrected chi connectivity index (χ2v) is 8.18. The highest BCUT2D eigenvalue weighted by Crippen LogP contribution is 2.28. The van der Waals surface area contributed by atoms with E-state index in [0.717, 1.165) is 28.9 Å². The molecule has 31 heavy (non-hydrogen) atoms. The van der Waals surface area contributed by atoms with Crippen LogP contribution in [-0.4, -0.2) is 67.0 Å². The predicted octanol–water partition coefficient (Wildman–Crippen LogP) is 2.57. The fourth-order valence-electron chi connectivity index (χ4n) is 4.17. The number of nitrogens with zero attached hydrogens (tertiary/aromatic N) is 7. The topological polar surface area (TPSA) is 71.6 Å². The number of benzene rings is 1. The van der Waals surface area contributed by atoms with Crippen molar-refractivity contribution in [3.05, 3.63) is 71.8 Å². The van der Waals surface area contributed by atoms with Crippen molar-refractivity contribution < 1.29 is 4.79 Å². The summed E-state index contributed by atoms with van der Waals surface area (Å²) in [6, 6.07) is 14.4. The molecule has 1 atom stereocenters. The fourth-order valence-corrected chi connectivity index (χ4v) is 4.17. The summed E-state index contributed by atoms with van der Waals surface area (Å²) in [5.74, 6) is -0.00349. The summed E-state index contributed by atoms with van der Waals surface area (Å²) < 4.78 is 3.45. The normalized spacial score (nSPS) is 17.4. The zero-order chi connectivity index (χ0) is 21.5. The van der Waals surface area contributed by atoms with Crippen LogP contribution in [-0.2, 0) is 7.05 Å². The van der Waals surface area contributed by atoms with Crippen LogP contribution in [0, 0.1) is 6.92 Å². The lowest BCUT2D eigenvalue weighted by atomic mass is 10.0. The molecule has 5 rings (SSSR count). The van der Waals surface area contributed by atoms with Crippen LogP contribution in [0.2, 0.25) is 0 Å². The van der Waals surface area contributed by atoms with E-state index in [1.54, 1.807) is 24.0 Å². The van der Waals surface area contributed by atoms with Crippen molar-refractivity contribution in [3.8, 4) is 11.1 Å². The molecule has 8 nitrogen and oxygen atoms in total. The number of carbonyl (C=O) groups is 1. The summed E-state index contributed by atoms with van der Waals surface area (Å²) in [7, 11) is 3.86. The number of likely N-dealkylation sites (N-methyl/N-ethyl adjacent to an activating group) is 1. The van der Waals surface area contributed by atoms with E-state index in [1.807, 2.05) is 15.6 Å². The number of fused-ring (bicyclic) bond motifs is 1. The Morgan fingerprint density at radius 1 is 1.00 bits per heavy atom. The van der Waals surface area contributed by atoms with E-state index in [4.69, 9.17) is 0 Å². The van der Waals surface area contributed by atoms with Gasteiger partial charge in [0.2, 0.25) is 0 Å². The number of amides is 1. The molecule has 4 aromatic rings. The van der Waals surface area contributed by atoms with Gasteiger partial charge in [0.05, 0.1) is 11.6 Å². The molecule has 0 bridgehead atoms. The second kappa shape index (κ2) is 7.63. The standard InChI is InChI=1S/C23H25N7O/c1-16-4-6-17(7-5-16)18-8-9-19-22(25-26-30(19)14-18)21-15-29(13-12-27(21)2)23(31)20-10-11-24-28(20)3/h4-11,14,21H,12-13,15H2,1-3H3/t21-/m1/s1. The fraction of sp³-hybridized carbons (Fsp3) is 0.304. The highest BCUT2D eigenvalue weighted by molar-refractivity contribution is 5.92. The Labute approximate surface area is 180 Å². The van der Waals surface area contributed by atoms with Crippen molar-refractivity contribution in [2.45, 2.75) is 13.0 Å². The molecule has 0 saturated carbocycles. The number of aromatic nitrogens is 5. The molecule has 158 valence electrons. The molecule has 1 fully saturated rings. The minimum absolute atomic E-state index is 0.00349. The Hall–Kier alpha value is -3.52. The van der Waals surface area contributed by atoms with Gasteiger partial charge in [-0.3, -0.25) is 14.4 Å². The van der Waals surface area contributed by atoms with E-state index in [9.17, 15) is 4.79 Å². The monoisotopic (exact) mass is 415 g/mol. The number of hydrogen-bond acceptors (Lipinski definition) is 5. The first-order chi connectivity index (χ1) is 15.0. The summed E-state index contributed by atoms with van der Waals surface area (Å²) in [4.78, 5) is 17.1. The third-order valence-electron chi connectivity index (χ3n) is 6.12. The molecular formula is C23H25N7O. The van der Waals surface area contributed by atoms with Crippen LogP contribution in [0.15, 0.2) is 54.9 Å². The van der Waals surface area contributed by atoms with Gasteiger partial charge in [0.15, 0.2) is 0 Å². The molecular weight excluding hydrogens is 390 g/mol. The molecule has 0 unspecified atom stereocenters. The third kappa shape index (κ3) is 3.48. The van der Waals surface area contributed by atoms with Crippen molar-refractivity contribution in [2.24, 2.45) is 7.05 Å². The van der Waals surface area contributed by atoms with Crippen molar-refractivity contribution in [3.63, 3.8) is 0 Å². The highest BCUT2D eigenvalue weighted by atomic mass is 16.2. The molecule has 0 spiro atoms. The van der Waals surface area contributed by atoms with Crippen LogP contribution in [0.4, 0.5) is 0 Å². The van der Waals surface area contributed by atoms with Gasteiger partial charge in [0, 0.05) is 44.6 Å². The Kier molecular flexibility index (Phi) is 4.78. The minimum atomic E-state index is -0.0198. The SMILES string of the molecule is Cc1ccc(-c2ccc3c([C@H]4CN(C(=O)c5ccnn5C)CCN4C)nnn3c2)cc1. The van der Waals surface area contributed by atoms with Gasteiger partial charge < -0.3 is 4.90 Å². The van der Waals surface area contributed by atoms with E-state index in [2.05, 4.69) is 70.7 Å². The maximum atomic E-state index is 13.0. The predicted molar refractivity (Wildman–Crippen MR) is 118 cm³/mol. The van der Waals surface area contributed by atoms with Crippen molar-refractivity contribution in [1.29, 1.82) is 0 Å². The molecule has 8 heteroatoms. The van der Waals surface area contributed by atoms with Gasteiger partial charge in [-0.1, -0.05) is 41.1 Å².